The van der Waals surface area contributed by atoms with E-state index >= 15 is 0 Å². The van der Waals surface area contributed by atoms with Gasteiger partial charge in [-0.3, -0.25) is 14.0 Å². The maximum Gasteiger partial charge on any atom is 0.358 e. The van der Waals surface area contributed by atoms with Gasteiger partial charge in [0.2, 0.25) is 11.6 Å². The zero-order valence-corrected chi connectivity index (χ0v) is 15.0. The molecule has 2 aromatic heterocycles. The molecule has 1 aliphatic rings. The van der Waals surface area contributed by atoms with E-state index in [1.165, 1.54) is 6.20 Å². The number of hydrogen-bond acceptors (Lipinski definition) is 5. The van der Waals surface area contributed by atoms with Gasteiger partial charge >= 0.3 is 5.97 Å². The van der Waals surface area contributed by atoms with Crippen molar-refractivity contribution >= 4 is 17.5 Å². The molecule has 1 amide bonds. The predicted molar refractivity (Wildman–Crippen MR) is 97.8 cm³/mol. The van der Waals surface area contributed by atoms with Crippen molar-refractivity contribution in [3.05, 3.63) is 57.3 Å². The van der Waals surface area contributed by atoms with Crippen LogP contribution in [0.25, 0.3) is 16.9 Å². The number of likely N-dealkylation sites (N-methyl/N-ethyl adjacent to an activating group) is 1. The maximum atomic E-state index is 12.5. The van der Waals surface area contributed by atoms with Gasteiger partial charge in [0.05, 0.1) is 24.4 Å². The normalized spacial score (nSPS) is 11.9. The molecule has 0 radical (unpaired) electrons. The summed E-state index contributed by atoms with van der Waals surface area (Å²) in [4.78, 5) is 43.3. The molecule has 8 heteroatoms. The number of nitrogens with one attached hydrogen (secondary N) is 2. The molecule has 4 rings (SSSR count). The van der Waals surface area contributed by atoms with Crippen LogP contribution in [0, 0.1) is 0 Å². The highest BCUT2D eigenvalue weighted by Gasteiger charge is 2.27. The minimum absolute atomic E-state index is 0.0785. The predicted octanol–water partition coefficient (Wildman–Crippen LogP) is 1.06. The van der Waals surface area contributed by atoms with E-state index < -0.39 is 5.97 Å². The van der Waals surface area contributed by atoms with Crippen molar-refractivity contribution < 1.29 is 14.3 Å². The molecule has 2 heterocycles. The maximum absolute atomic E-state index is 12.5. The molecular formula is C19H18N4O4. The molecule has 0 unspecified atom stereocenters. The Balaban J connectivity index is 1.86. The van der Waals surface area contributed by atoms with Crippen molar-refractivity contribution in [1.29, 1.82) is 0 Å². The van der Waals surface area contributed by atoms with E-state index in [2.05, 4.69) is 15.3 Å². The average Bonchev–Trinajstić information content (AvgIpc) is 3.25. The van der Waals surface area contributed by atoms with Crippen LogP contribution in [0.1, 0.15) is 34.2 Å². The van der Waals surface area contributed by atoms with Crippen LogP contribution >= 0.6 is 0 Å². The fraction of sp³-hybridized carbons (Fsp3) is 0.263. The second-order valence-corrected chi connectivity index (χ2v) is 6.29. The van der Waals surface area contributed by atoms with E-state index in [-0.39, 0.29) is 35.8 Å². The Hall–Kier alpha value is -3.42. The monoisotopic (exact) mass is 366 g/mol. The van der Waals surface area contributed by atoms with E-state index in [1.54, 1.807) is 18.4 Å². The van der Waals surface area contributed by atoms with Gasteiger partial charge in [-0.25, -0.2) is 9.78 Å². The number of rotatable bonds is 4. The third-order valence-electron chi connectivity index (χ3n) is 4.73. The van der Waals surface area contributed by atoms with Gasteiger partial charge in [-0.15, -0.1) is 0 Å². The number of H-pyrrole nitrogens is 1. The van der Waals surface area contributed by atoms with Crippen LogP contribution in [0.3, 0.4) is 0 Å². The number of imidazole rings is 1. The van der Waals surface area contributed by atoms with Crippen LogP contribution in [0.5, 0.6) is 0 Å². The van der Waals surface area contributed by atoms with Crippen LogP contribution < -0.4 is 10.9 Å². The first-order chi connectivity index (χ1) is 13.0. The fourth-order valence-corrected chi connectivity index (χ4v) is 3.48. The molecular weight excluding hydrogens is 348 g/mol. The standard InChI is InChI=1S/C19H18N4O4/c1-3-27-19(26)13-9-23-14-8-12-10(7-15(24)20-2)5-4-6-11(12)16(14)22-18(25)17(23)21-13/h4-6,9H,3,7-8H2,1-2H3,(H,20,24)(H,22,25). The van der Waals surface area contributed by atoms with Gasteiger partial charge in [-0.05, 0) is 18.1 Å². The molecule has 138 valence electrons. The Labute approximate surface area is 154 Å². The Kier molecular flexibility index (Phi) is 4.02. The molecule has 27 heavy (non-hydrogen) atoms. The molecule has 0 saturated carbocycles. The largest absolute Gasteiger partial charge is 0.461 e. The van der Waals surface area contributed by atoms with E-state index in [4.69, 9.17) is 4.74 Å². The van der Waals surface area contributed by atoms with Crippen LogP contribution in [-0.2, 0) is 22.4 Å². The SMILES string of the molecule is CCOC(=O)c1cn2c3c([nH]c(=O)c2n1)-c1cccc(CC(=O)NC)c1C3. The molecule has 0 saturated heterocycles. The summed E-state index contributed by atoms with van der Waals surface area (Å²) in [6.45, 7) is 1.94. The smallest absolute Gasteiger partial charge is 0.358 e. The topological polar surface area (TPSA) is 106 Å². The Bertz CT molecular complexity index is 1140. The summed E-state index contributed by atoms with van der Waals surface area (Å²) in [7, 11) is 1.60. The Morgan fingerprint density at radius 2 is 2.19 bits per heavy atom. The number of nitrogens with zero attached hydrogens (tertiary/aromatic N) is 2. The molecule has 0 spiro atoms. The van der Waals surface area contributed by atoms with Crippen LogP contribution in [0.15, 0.2) is 29.2 Å². The van der Waals surface area contributed by atoms with E-state index in [9.17, 15) is 14.4 Å². The number of aromatic nitrogens is 3. The van der Waals surface area contributed by atoms with Gasteiger partial charge in [-0.2, -0.15) is 0 Å². The number of ether oxygens (including phenoxy) is 1. The van der Waals surface area contributed by atoms with Crippen molar-refractivity contribution in [3.63, 3.8) is 0 Å². The number of fused-ring (bicyclic) bond motifs is 5. The van der Waals surface area contributed by atoms with Gasteiger partial charge in [0.25, 0.3) is 5.56 Å². The molecule has 2 N–H and O–H groups in total. The summed E-state index contributed by atoms with van der Waals surface area (Å²) in [5.74, 6) is -0.643. The molecule has 1 aromatic carbocycles. The van der Waals surface area contributed by atoms with Gasteiger partial charge in [0.15, 0.2) is 5.69 Å². The Morgan fingerprint density at radius 1 is 1.37 bits per heavy atom. The number of benzene rings is 1. The summed E-state index contributed by atoms with van der Waals surface area (Å²) in [5, 5.41) is 2.63. The van der Waals surface area contributed by atoms with Crippen molar-refractivity contribution in [2.45, 2.75) is 19.8 Å². The van der Waals surface area contributed by atoms with E-state index in [1.807, 2.05) is 18.2 Å². The highest BCUT2D eigenvalue weighted by Crippen LogP contribution is 2.36. The van der Waals surface area contributed by atoms with Crippen molar-refractivity contribution in [1.82, 2.24) is 19.7 Å². The average molecular weight is 366 g/mol. The zero-order valence-electron chi connectivity index (χ0n) is 15.0. The lowest BCUT2D eigenvalue weighted by atomic mass is 10.00. The second kappa shape index (κ2) is 6.39. The number of amides is 1. The summed E-state index contributed by atoms with van der Waals surface area (Å²) >= 11 is 0. The lowest BCUT2D eigenvalue weighted by molar-refractivity contribution is -0.119. The lowest BCUT2D eigenvalue weighted by Gasteiger charge is -2.07. The summed E-state index contributed by atoms with van der Waals surface area (Å²) in [6.07, 6.45) is 2.33. The summed E-state index contributed by atoms with van der Waals surface area (Å²) in [6, 6.07) is 5.69. The van der Waals surface area contributed by atoms with Crippen LogP contribution in [-0.4, -0.2) is 39.9 Å². The number of aromatic amines is 1. The summed E-state index contributed by atoms with van der Waals surface area (Å²) in [5.41, 5.74) is 4.16. The van der Waals surface area contributed by atoms with Crippen molar-refractivity contribution in [3.8, 4) is 11.3 Å². The molecule has 8 nitrogen and oxygen atoms in total. The van der Waals surface area contributed by atoms with Crippen LogP contribution in [0.4, 0.5) is 0 Å². The van der Waals surface area contributed by atoms with Crippen molar-refractivity contribution in [2.24, 2.45) is 0 Å². The summed E-state index contributed by atoms with van der Waals surface area (Å²) < 4.78 is 6.63. The number of esters is 1. The second-order valence-electron chi connectivity index (χ2n) is 6.29. The minimum atomic E-state index is -0.565. The molecule has 1 aliphatic carbocycles. The molecule has 3 aromatic rings. The van der Waals surface area contributed by atoms with Crippen molar-refractivity contribution in [2.75, 3.05) is 13.7 Å². The van der Waals surface area contributed by atoms with Gasteiger partial charge in [0, 0.05) is 25.2 Å². The quantitative estimate of drug-likeness (QED) is 0.526. The van der Waals surface area contributed by atoms with E-state index in [0.717, 1.165) is 22.4 Å². The first-order valence-corrected chi connectivity index (χ1v) is 8.66. The first kappa shape index (κ1) is 17.0. The molecule has 0 aliphatic heterocycles. The van der Waals surface area contributed by atoms with Gasteiger partial charge in [-0.1, -0.05) is 18.2 Å². The number of hydrogen-bond donors (Lipinski definition) is 2. The highest BCUT2D eigenvalue weighted by molar-refractivity contribution is 5.88. The minimum Gasteiger partial charge on any atom is -0.461 e. The fourth-order valence-electron chi connectivity index (χ4n) is 3.48. The third-order valence-corrected chi connectivity index (χ3v) is 4.73. The Morgan fingerprint density at radius 3 is 2.93 bits per heavy atom. The van der Waals surface area contributed by atoms with Gasteiger partial charge in [0.1, 0.15) is 0 Å². The molecule has 0 fully saturated rings. The molecule has 0 atom stereocenters. The van der Waals surface area contributed by atoms with E-state index in [0.29, 0.717) is 12.1 Å². The van der Waals surface area contributed by atoms with Crippen LogP contribution in [0.2, 0.25) is 0 Å². The molecule has 0 bridgehead atoms. The zero-order chi connectivity index (χ0) is 19.1. The van der Waals surface area contributed by atoms with Gasteiger partial charge < -0.3 is 15.0 Å². The third kappa shape index (κ3) is 2.69. The number of carbonyl (C=O) groups excluding carboxylic acids is 2. The lowest BCUT2D eigenvalue weighted by Crippen LogP contribution is -2.20. The first-order valence-electron chi connectivity index (χ1n) is 8.66. The highest BCUT2D eigenvalue weighted by atomic mass is 16.5. The number of carbonyl (C=O) groups is 2.